The molecule has 9 heteroatoms. The number of aromatic nitrogens is 2. The third-order valence-corrected chi connectivity index (χ3v) is 2.73. The van der Waals surface area contributed by atoms with E-state index in [4.69, 9.17) is 15.2 Å². The van der Waals surface area contributed by atoms with Gasteiger partial charge in [-0.2, -0.15) is 18.2 Å². The van der Waals surface area contributed by atoms with E-state index in [-0.39, 0.29) is 5.82 Å². The Morgan fingerprint density at radius 2 is 1.95 bits per heavy atom. The van der Waals surface area contributed by atoms with Crippen LogP contribution in [0.1, 0.15) is 23.3 Å². The second kappa shape index (κ2) is 5.60. The van der Waals surface area contributed by atoms with Gasteiger partial charge in [-0.3, -0.25) is 0 Å². The van der Waals surface area contributed by atoms with E-state index in [2.05, 4.69) is 14.7 Å². The summed E-state index contributed by atoms with van der Waals surface area (Å²) in [6.45, 7) is 0. The topological polar surface area (TPSA) is 83.4 Å². The van der Waals surface area contributed by atoms with Crippen molar-refractivity contribution in [2.75, 3.05) is 14.2 Å². The minimum Gasteiger partial charge on any atom is -0.493 e. The lowest BCUT2D eigenvalue weighted by Gasteiger charge is -2.15. The molecule has 114 valence electrons. The van der Waals surface area contributed by atoms with Gasteiger partial charge in [0, 0.05) is 5.56 Å². The molecule has 2 rings (SSSR count). The summed E-state index contributed by atoms with van der Waals surface area (Å²) in [6.07, 6.45) is -4.72. The monoisotopic (exact) mass is 303 g/mol. The first-order valence-corrected chi connectivity index (χ1v) is 5.75. The molecule has 21 heavy (non-hydrogen) atoms. The summed E-state index contributed by atoms with van der Waals surface area (Å²) in [5.74, 6) is -1.06. The van der Waals surface area contributed by atoms with Crippen LogP contribution in [0.5, 0.6) is 11.5 Å². The number of nitrogens with two attached hydrogens (primary N) is 1. The molecule has 0 saturated heterocycles. The molecule has 6 nitrogen and oxygen atoms in total. The predicted molar refractivity (Wildman–Crippen MR) is 64.9 cm³/mol. The Bertz CT molecular complexity index is 628. The summed E-state index contributed by atoms with van der Waals surface area (Å²) in [4.78, 5) is 3.26. The Labute approximate surface area is 117 Å². The van der Waals surface area contributed by atoms with Gasteiger partial charge in [-0.1, -0.05) is 17.3 Å². The fourth-order valence-corrected chi connectivity index (χ4v) is 1.77. The van der Waals surface area contributed by atoms with Gasteiger partial charge in [0.15, 0.2) is 17.3 Å². The smallest absolute Gasteiger partial charge is 0.471 e. The fourth-order valence-electron chi connectivity index (χ4n) is 1.77. The zero-order valence-corrected chi connectivity index (χ0v) is 11.1. The quantitative estimate of drug-likeness (QED) is 0.931. The highest BCUT2D eigenvalue weighted by atomic mass is 19.4. The summed E-state index contributed by atoms with van der Waals surface area (Å²) in [5, 5.41) is 3.26. The van der Waals surface area contributed by atoms with Crippen LogP contribution in [-0.4, -0.2) is 24.4 Å². The molecule has 2 aromatic rings. The van der Waals surface area contributed by atoms with Gasteiger partial charge >= 0.3 is 12.1 Å². The van der Waals surface area contributed by atoms with Crippen molar-refractivity contribution >= 4 is 0 Å². The molecule has 1 aromatic carbocycles. The molecule has 1 heterocycles. The zero-order chi connectivity index (χ0) is 15.6. The molecule has 2 N–H and O–H groups in total. The molecule has 0 fully saturated rings. The number of halogens is 3. The van der Waals surface area contributed by atoms with Gasteiger partial charge in [-0.15, -0.1) is 0 Å². The first-order chi connectivity index (χ1) is 9.88. The maximum atomic E-state index is 12.4. The van der Waals surface area contributed by atoms with Crippen LogP contribution in [0.2, 0.25) is 0 Å². The number of hydrogen-bond donors (Lipinski definition) is 1. The standard InChI is InChI=1S/C12H12F3N3O3/c1-19-7-5-3-4-6(9(7)20-2)8(16)10-17-11(21-18-10)12(13,14)15/h3-5,8H,16H2,1-2H3. The van der Waals surface area contributed by atoms with Crippen LogP contribution in [0.25, 0.3) is 0 Å². The van der Waals surface area contributed by atoms with Crippen LogP contribution in [-0.2, 0) is 6.18 Å². The molecule has 0 spiro atoms. The van der Waals surface area contributed by atoms with E-state index in [0.717, 1.165) is 0 Å². The number of methoxy groups -OCH3 is 2. The van der Waals surface area contributed by atoms with E-state index in [1.165, 1.54) is 14.2 Å². The molecule has 0 radical (unpaired) electrons. The number of nitrogens with zero attached hydrogens (tertiary/aromatic N) is 2. The van der Waals surface area contributed by atoms with Gasteiger partial charge < -0.3 is 19.7 Å². The highest BCUT2D eigenvalue weighted by molar-refractivity contribution is 5.49. The molecule has 0 aliphatic carbocycles. The minimum atomic E-state index is -4.72. The van der Waals surface area contributed by atoms with Crippen LogP contribution in [0.3, 0.4) is 0 Å². The first-order valence-electron chi connectivity index (χ1n) is 5.75. The van der Waals surface area contributed by atoms with Gasteiger partial charge in [0.05, 0.1) is 20.3 Å². The summed E-state index contributed by atoms with van der Waals surface area (Å²) < 4.78 is 51.8. The largest absolute Gasteiger partial charge is 0.493 e. The normalized spacial score (nSPS) is 13.0. The summed E-state index contributed by atoms with van der Waals surface area (Å²) in [5.41, 5.74) is 6.27. The lowest BCUT2D eigenvalue weighted by Crippen LogP contribution is -2.15. The number of benzene rings is 1. The van der Waals surface area contributed by atoms with E-state index in [9.17, 15) is 13.2 Å². The van der Waals surface area contributed by atoms with Gasteiger partial charge in [0.2, 0.25) is 0 Å². The Morgan fingerprint density at radius 1 is 1.24 bits per heavy atom. The van der Waals surface area contributed by atoms with Gasteiger partial charge in [0.1, 0.15) is 0 Å². The molecule has 0 aliphatic heterocycles. The highest BCUT2D eigenvalue weighted by Gasteiger charge is 2.39. The maximum Gasteiger partial charge on any atom is 0.471 e. The van der Waals surface area contributed by atoms with Crippen molar-refractivity contribution in [1.29, 1.82) is 0 Å². The van der Waals surface area contributed by atoms with Crippen molar-refractivity contribution in [3.63, 3.8) is 0 Å². The van der Waals surface area contributed by atoms with Crippen LogP contribution >= 0.6 is 0 Å². The Hall–Kier alpha value is -2.29. The number of rotatable bonds is 4. The molecule has 0 amide bonds. The Balaban J connectivity index is 2.40. The zero-order valence-electron chi connectivity index (χ0n) is 11.1. The molecule has 1 unspecified atom stereocenters. The van der Waals surface area contributed by atoms with Crippen LogP contribution in [0.15, 0.2) is 22.7 Å². The Kier molecular flexibility index (Phi) is 4.03. The second-order valence-corrected chi connectivity index (χ2v) is 4.02. The molecule has 0 aliphatic rings. The fraction of sp³-hybridized carbons (Fsp3) is 0.333. The number of para-hydroxylation sites is 1. The second-order valence-electron chi connectivity index (χ2n) is 4.02. The Morgan fingerprint density at radius 3 is 2.48 bits per heavy atom. The number of hydrogen-bond acceptors (Lipinski definition) is 6. The van der Waals surface area contributed by atoms with E-state index in [0.29, 0.717) is 17.1 Å². The molecule has 1 aromatic heterocycles. The average molecular weight is 303 g/mol. The number of ether oxygens (including phenoxy) is 2. The van der Waals surface area contributed by atoms with E-state index in [1.54, 1.807) is 18.2 Å². The molecule has 1 atom stereocenters. The molecule has 0 bridgehead atoms. The summed E-state index contributed by atoms with van der Waals surface area (Å²) >= 11 is 0. The molecular weight excluding hydrogens is 291 g/mol. The van der Waals surface area contributed by atoms with Crippen molar-refractivity contribution in [2.45, 2.75) is 12.2 Å². The van der Waals surface area contributed by atoms with Crippen molar-refractivity contribution in [2.24, 2.45) is 5.73 Å². The number of alkyl halides is 3. The molecule has 0 saturated carbocycles. The minimum absolute atomic E-state index is 0.297. The van der Waals surface area contributed by atoms with Gasteiger partial charge in [-0.25, -0.2) is 0 Å². The lowest BCUT2D eigenvalue weighted by atomic mass is 10.1. The van der Waals surface area contributed by atoms with E-state index >= 15 is 0 Å². The van der Waals surface area contributed by atoms with Crippen molar-refractivity contribution in [3.05, 3.63) is 35.5 Å². The summed E-state index contributed by atoms with van der Waals surface area (Å²) in [7, 11) is 2.83. The maximum absolute atomic E-state index is 12.4. The summed E-state index contributed by atoms with van der Waals surface area (Å²) in [6, 6.07) is 3.79. The lowest BCUT2D eigenvalue weighted by molar-refractivity contribution is -0.159. The highest BCUT2D eigenvalue weighted by Crippen LogP contribution is 2.36. The van der Waals surface area contributed by atoms with Crippen molar-refractivity contribution in [1.82, 2.24) is 10.1 Å². The van der Waals surface area contributed by atoms with E-state index < -0.39 is 18.1 Å². The van der Waals surface area contributed by atoms with E-state index in [1.807, 2.05) is 0 Å². The van der Waals surface area contributed by atoms with Crippen molar-refractivity contribution < 1.29 is 27.2 Å². The van der Waals surface area contributed by atoms with Gasteiger partial charge in [-0.05, 0) is 6.07 Å². The molecular formula is C12H12F3N3O3. The van der Waals surface area contributed by atoms with Crippen molar-refractivity contribution in [3.8, 4) is 11.5 Å². The van der Waals surface area contributed by atoms with Gasteiger partial charge in [0.25, 0.3) is 0 Å². The third kappa shape index (κ3) is 2.92. The average Bonchev–Trinajstić information content (AvgIpc) is 2.95. The predicted octanol–water partition coefficient (Wildman–Crippen LogP) is 2.15. The van der Waals surface area contributed by atoms with Crippen LogP contribution in [0.4, 0.5) is 13.2 Å². The first kappa shape index (κ1) is 15.1. The SMILES string of the molecule is COc1cccc(C(N)c2noc(C(F)(F)F)n2)c1OC. The van der Waals surface area contributed by atoms with Crippen LogP contribution < -0.4 is 15.2 Å². The third-order valence-electron chi connectivity index (χ3n) is 2.73. The van der Waals surface area contributed by atoms with Crippen LogP contribution in [0, 0.1) is 0 Å².